The fraction of sp³-hybridized carbons (Fsp3) is 0.385. The molecule has 1 N–H and O–H groups in total. The normalized spacial score (nSPS) is 10.6. The third-order valence-electron chi connectivity index (χ3n) is 2.74. The summed E-state index contributed by atoms with van der Waals surface area (Å²) in [6, 6.07) is 5.96. The molecule has 0 aliphatic heterocycles. The maximum absolute atomic E-state index is 5.02. The summed E-state index contributed by atoms with van der Waals surface area (Å²) in [7, 11) is 3.57. The molecule has 5 nitrogen and oxygen atoms in total. The molecule has 96 valence electrons. The largest absolute Gasteiger partial charge is 0.481 e. The van der Waals surface area contributed by atoms with Gasteiger partial charge in [-0.1, -0.05) is 6.07 Å². The van der Waals surface area contributed by atoms with Crippen molar-refractivity contribution in [3.8, 4) is 5.88 Å². The van der Waals surface area contributed by atoms with Crippen LogP contribution in [0.3, 0.4) is 0 Å². The smallest absolute Gasteiger partial charge is 0.212 e. The lowest BCUT2D eigenvalue weighted by Crippen LogP contribution is -2.15. The van der Waals surface area contributed by atoms with Crippen LogP contribution in [-0.2, 0) is 20.1 Å². The molecule has 0 saturated carbocycles. The number of pyridine rings is 1. The lowest BCUT2D eigenvalue weighted by molar-refractivity contribution is 0.397. The second-order valence-electron chi connectivity index (χ2n) is 4.21. The molecular weight excluding hydrogens is 228 g/mol. The highest BCUT2D eigenvalue weighted by Crippen LogP contribution is 2.07. The Morgan fingerprint density at radius 2 is 2.17 bits per heavy atom. The van der Waals surface area contributed by atoms with E-state index in [4.69, 9.17) is 4.74 Å². The second-order valence-corrected chi connectivity index (χ2v) is 4.21. The third kappa shape index (κ3) is 3.07. The second kappa shape index (κ2) is 5.64. The summed E-state index contributed by atoms with van der Waals surface area (Å²) < 4.78 is 6.92. The van der Waals surface area contributed by atoms with E-state index in [1.165, 1.54) is 5.69 Å². The minimum atomic E-state index is 0.640. The fourth-order valence-electron chi connectivity index (χ4n) is 1.80. The first-order chi connectivity index (χ1) is 8.69. The maximum atomic E-state index is 5.02. The Morgan fingerprint density at radius 1 is 1.33 bits per heavy atom. The molecule has 0 aromatic carbocycles. The van der Waals surface area contributed by atoms with E-state index in [0.717, 1.165) is 24.3 Å². The van der Waals surface area contributed by atoms with Crippen molar-refractivity contribution in [2.24, 2.45) is 7.05 Å². The van der Waals surface area contributed by atoms with Crippen molar-refractivity contribution in [1.82, 2.24) is 20.1 Å². The Morgan fingerprint density at radius 3 is 2.72 bits per heavy atom. The highest BCUT2D eigenvalue weighted by Gasteiger charge is 2.01. The molecule has 5 heteroatoms. The van der Waals surface area contributed by atoms with Crippen molar-refractivity contribution in [3.63, 3.8) is 0 Å². The zero-order valence-electron chi connectivity index (χ0n) is 11.0. The minimum Gasteiger partial charge on any atom is -0.481 e. The molecule has 2 heterocycles. The fourth-order valence-corrected chi connectivity index (χ4v) is 1.80. The van der Waals surface area contributed by atoms with E-state index in [1.807, 2.05) is 37.0 Å². The van der Waals surface area contributed by atoms with E-state index >= 15 is 0 Å². The Bertz CT molecular complexity index is 504. The topological polar surface area (TPSA) is 52.0 Å². The van der Waals surface area contributed by atoms with Crippen LogP contribution in [0.5, 0.6) is 5.88 Å². The molecule has 0 unspecified atom stereocenters. The Hall–Kier alpha value is -1.88. The van der Waals surface area contributed by atoms with Gasteiger partial charge in [0.15, 0.2) is 0 Å². The SMILES string of the molecule is COc1ccc(CNCc2cc(C)nn2C)cn1. The minimum absolute atomic E-state index is 0.640. The molecule has 0 spiro atoms. The Labute approximate surface area is 107 Å². The van der Waals surface area contributed by atoms with Gasteiger partial charge in [0.25, 0.3) is 0 Å². The molecular formula is C13H18N4O. The zero-order valence-corrected chi connectivity index (χ0v) is 11.0. The van der Waals surface area contributed by atoms with E-state index in [1.54, 1.807) is 7.11 Å². The van der Waals surface area contributed by atoms with Gasteiger partial charge in [0, 0.05) is 32.4 Å². The first kappa shape index (κ1) is 12.6. The summed E-state index contributed by atoms with van der Waals surface area (Å²) in [5, 5.41) is 7.68. The number of nitrogens with one attached hydrogen (secondary N) is 1. The standard InChI is InChI=1S/C13H18N4O/c1-10-6-12(17(2)16-10)9-14-7-11-4-5-13(18-3)15-8-11/h4-6,8,14H,7,9H2,1-3H3. The lowest BCUT2D eigenvalue weighted by atomic mass is 10.3. The van der Waals surface area contributed by atoms with Gasteiger partial charge >= 0.3 is 0 Å². The van der Waals surface area contributed by atoms with E-state index in [-0.39, 0.29) is 0 Å². The van der Waals surface area contributed by atoms with Crippen molar-refractivity contribution < 1.29 is 4.74 Å². The molecule has 0 amide bonds. The van der Waals surface area contributed by atoms with Gasteiger partial charge in [-0.15, -0.1) is 0 Å². The quantitative estimate of drug-likeness (QED) is 0.867. The summed E-state index contributed by atoms with van der Waals surface area (Å²) in [4.78, 5) is 4.16. The van der Waals surface area contributed by atoms with Crippen molar-refractivity contribution in [3.05, 3.63) is 41.3 Å². The van der Waals surface area contributed by atoms with Gasteiger partial charge in [-0.25, -0.2) is 4.98 Å². The van der Waals surface area contributed by atoms with Gasteiger partial charge in [0.2, 0.25) is 5.88 Å². The van der Waals surface area contributed by atoms with Gasteiger partial charge in [-0.2, -0.15) is 5.10 Å². The molecule has 2 aromatic rings. The monoisotopic (exact) mass is 246 g/mol. The first-order valence-corrected chi connectivity index (χ1v) is 5.88. The summed E-state index contributed by atoms with van der Waals surface area (Å²) in [6.45, 7) is 3.57. The van der Waals surface area contributed by atoms with Crippen molar-refractivity contribution in [2.45, 2.75) is 20.0 Å². The van der Waals surface area contributed by atoms with Crippen molar-refractivity contribution in [1.29, 1.82) is 0 Å². The van der Waals surface area contributed by atoms with Crippen LogP contribution < -0.4 is 10.1 Å². The molecule has 0 saturated heterocycles. The molecule has 0 fully saturated rings. The number of hydrogen-bond donors (Lipinski definition) is 1. The lowest BCUT2D eigenvalue weighted by Gasteiger charge is -2.05. The van der Waals surface area contributed by atoms with Crippen LogP contribution in [-0.4, -0.2) is 21.9 Å². The summed E-state index contributed by atoms with van der Waals surface area (Å²) in [6.07, 6.45) is 1.82. The van der Waals surface area contributed by atoms with Gasteiger partial charge in [-0.3, -0.25) is 4.68 Å². The third-order valence-corrected chi connectivity index (χ3v) is 2.74. The first-order valence-electron chi connectivity index (χ1n) is 5.88. The molecule has 0 atom stereocenters. The predicted molar refractivity (Wildman–Crippen MR) is 69.3 cm³/mol. The zero-order chi connectivity index (χ0) is 13.0. The molecule has 0 radical (unpaired) electrons. The summed E-state index contributed by atoms with van der Waals surface area (Å²) in [5.41, 5.74) is 3.35. The number of nitrogens with zero attached hydrogens (tertiary/aromatic N) is 3. The van der Waals surface area contributed by atoms with Crippen LogP contribution in [0.1, 0.15) is 17.0 Å². The van der Waals surface area contributed by atoms with Crippen molar-refractivity contribution in [2.75, 3.05) is 7.11 Å². The van der Waals surface area contributed by atoms with E-state index in [0.29, 0.717) is 5.88 Å². The van der Waals surface area contributed by atoms with E-state index < -0.39 is 0 Å². The number of methoxy groups -OCH3 is 1. The highest BCUT2D eigenvalue weighted by atomic mass is 16.5. The van der Waals surface area contributed by atoms with Crippen molar-refractivity contribution >= 4 is 0 Å². The average molecular weight is 246 g/mol. The van der Waals surface area contributed by atoms with Gasteiger partial charge in [0.1, 0.15) is 0 Å². The highest BCUT2D eigenvalue weighted by molar-refractivity contribution is 5.17. The van der Waals surface area contributed by atoms with E-state index in [9.17, 15) is 0 Å². The maximum Gasteiger partial charge on any atom is 0.212 e. The summed E-state index contributed by atoms with van der Waals surface area (Å²) >= 11 is 0. The van der Waals surface area contributed by atoms with Gasteiger partial charge in [0.05, 0.1) is 18.5 Å². The summed E-state index contributed by atoms with van der Waals surface area (Å²) in [5.74, 6) is 0.640. The van der Waals surface area contributed by atoms with Crippen LogP contribution in [0.25, 0.3) is 0 Å². The van der Waals surface area contributed by atoms with E-state index in [2.05, 4.69) is 21.5 Å². The number of rotatable bonds is 5. The number of aryl methyl sites for hydroxylation is 2. The Balaban J connectivity index is 1.86. The van der Waals surface area contributed by atoms with Crippen LogP contribution >= 0.6 is 0 Å². The molecule has 0 aliphatic rings. The molecule has 2 rings (SSSR count). The van der Waals surface area contributed by atoms with Crippen LogP contribution in [0.4, 0.5) is 0 Å². The van der Waals surface area contributed by atoms with Crippen LogP contribution in [0.2, 0.25) is 0 Å². The molecule has 18 heavy (non-hydrogen) atoms. The van der Waals surface area contributed by atoms with Crippen LogP contribution in [0.15, 0.2) is 24.4 Å². The average Bonchev–Trinajstić information content (AvgIpc) is 2.69. The molecule has 0 aliphatic carbocycles. The van der Waals surface area contributed by atoms with Gasteiger partial charge < -0.3 is 10.1 Å². The Kier molecular flexibility index (Phi) is 3.94. The predicted octanol–water partition coefficient (Wildman–Crippen LogP) is 1.42. The molecule has 2 aromatic heterocycles. The number of ether oxygens (including phenoxy) is 1. The van der Waals surface area contributed by atoms with Gasteiger partial charge in [-0.05, 0) is 18.6 Å². The van der Waals surface area contributed by atoms with Crippen LogP contribution in [0, 0.1) is 6.92 Å². The number of hydrogen-bond acceptors (Lipinski definition) is 4. The molecule has 0 bridgehead atoms. The number of aromatic nitrogens is 3.